The largest absolute Gasteiger partial charge is 0.351 e. The molecule has 0 spiro atoms. The van der Waals surface area contributed by atoms with E-state index in [1.54, 1.807) is 20.8 Å². The standard InChI is InChI=1S/C13H17ClN2O5S/c1-13(2,3)22(20,21)7-6-15-12(17)10-8-9(14)4-5-11(10)16(18)19/h4-5,8H,6-7H2,1-3H3,(H,15,17). The first-order chi connectivity index (χ1) is 9.95. The van der Waals surface area contributed by atoms with Gasteiger partial charge in [0.05, 0.1) is 15.4 Å². The molecule has 0 aliphatic heterocycles. The van der Waals surface area contributed by atoms with Crippen LogP contribution in [0.3, 0.4) is 0 Å². The Hall–Kier alpha value is -1.67. The second kappa shape index (κ2) is 6.62. The van der Waals surface area contributed by atoms with Crippen LogP contribution in [0.5, 0.6) is 0 Å². The zero-order valence-electron chi connectivity index (χ0n) is 12.4. The molecule has 1 rings (SSSR count). The normalized spacial score (nSPS) is 12.0. The average molecular weight is 349 g/mol. The highest BCUT2D eigenvalue weighted by Crippen LogP contribution is 2.22. The van der Waals surface area contributed by atoms with E-state index >= 15 is 0 Å². The van der Waals surface area contributed by atoms with Crippen LogP contribution in [-0.2, 0) is 9.84 Å². The summed E-state index contributed by atoms with van der Waals surface area (Å²) in [4.78, 5) is 22.2. The quantitative estimate of drug-likeness (QED) is 0.648. The maximum atomic E-state index is 12.0. The van der Waals surface area contributed by atoms with Crippen LogP contribution in [0.4, 0.5) is 5.69 Å². The number of amides is 1. The van der Waals surface area contributed by atoms with Crippen molar-refractivity contribution in [3.05, 3.63) is 38.9 Å². The van der Waals surface area contributed by atoms with Crippen molar-refractivity contribution in [3.63, 3.8) is 0 Å². The van der Waals surface area contributed by atoms with Gasteiger partial charge in [0.15, 0.2) is 9.84 Å². The number of carbonyl (C=O) groups excluding carboxylic acids is 1. The van der Waals surface area contributed by atoms with Gasteiger partial charge in [0.25, 0.3) is 11.6 Å². The highest BCUT2D eigenvalue weighted by molar-refractivity contribution is 7.92. The van der Waals surface area contributed by atoms with Crippen LogP contribution in [0.25, 0.3) is 0 Å². The van der Waals surface area contributed by atoms with Gasteiger partial charge in [-0.25, -0.2) is 8.42 Å². The van der Waals surface area contributed by atoms with Crippen LogP contribution in [0.15, 0.2) is 18.2 Å². The molecule has 0 aliphatic rings. The van der Waals surface area contributed by atoms with Gasteiger partial charge >= 0.3 is 0 Å². The Morgan fingerprint density at radius 1 is 1.36 bits per heavy atom. The third kappa shape index (κ3) is 4.41. The fraction of sp³-hybridized carbons (Fsp3) is 0.462. The van der Waals surface area contributed by atoms with E-state index in [1.807, 2.05) is 0 Å². The molecule has 0 unspecified atom stereocenters. The second-order valence-corrected chi connectivity index (χ2v) is 8.90. The van der Waals surface area contributed by atoms with Crippen LogP contribution < -0.4 is 5.32 Å². The lowest BCUT2D eigenvalue weighted by molar-refractivity contribution is -0.385. The Labute approximate surface area is 133 Å². The molecule has 0 saturated heterocycles. The summed E-state index contributed by atoms with van der Waals surface area (Å²) >= 11 is 5.73. The zero-order chi connectivity index (χ0) is 17.1. The summed E-state index contributed by atoms with van der Waals surface area (Å²) in [5.74, 6) is -0.991. The second-order valence-electron chi connectivity index (χ2n) is 5.61. The number of rotatable bonds is 5. The summed E-state index contributed by atoms with van der Waals surface area (Å²) in [6.07, 6.45) is 0. The molecule has 0 aliphatic carbocycles. The Kier molecular flexibility index (Phi) is 5.53. The molecule has 0 bridgehead atoms. The molecule has 1 amide bonds. The highest BCUT2D eigenvalue weighted by atomic mass is 35.5. The minimum Gasteiger partial charge on any atom is -0.351 e. The number of hydrogen-bond acceptors (Lipinski definition) is 5. The predicted molar refractivity (Wildman–Crippen MR) is 84.0 cm³/mol. The van der Waals surface area contributed by atoms with E-state index in [0.717, 1.165) is 6.07 Å². The van der Waals surface area contributed by atoms with E-state index in [4.69, 9.17) is 11.6 Å². The number of nitro groups is 1. The molecule has 122 valence electrons. The summed E-state index contributed by atoms with van der Waals surface area (Å²) in [6, 6.07) is 3.61. The number of benzene rings is 1. The molecule has 22 heavy (non-hydrogen) atoms. The van der Waals surface area contributed by atoms with Gasteiger partial charge in [-0.3, -0.25) is 14.9 Å². The van der Waals surface area contributed by atoms with E-state index in [2.05, 4.69) is 5.32 Å². The van der Waals surface area contributed by atoms with Gasteiger partial charge < -0.3 is 5.32 Å². The lowest BCUT2D eigenvalue weighted by Crippen LogP contribution is -2.36. The topological polar surface area (TPSA) is 106 Å². The number of nitrogens with zero attached hydrogens (tertiary/aromatic N) is 1. The monoisotopic (exact) mass is 348 g/mol. The van der Waals surface area contributed by atoms with Crippen LogP contribution >= 0.6 is 11.6 Å². The Balaban J connectivity index is 2.84. The summed E-state index contributed by atoms with van der Waals surface area (Å²) in [5.41, 5.74) is -0.591. The predicted octanol–water partition coefficient (Wildman–Crippen LogP) is 2.19. The van der Waals surface area contributed by atoms with Crippen molar-refractivity contribution >= 4 is 33.0 Å². The van der Waals surface area contributed by atoms with Gasteiger partial charge in [0, 0.05) is 17.6 Å². The molecular weight excluding hydrogens is 332 g/mol. The summed E-state index contributed by atoms with van der Waals surface area (Å²) in [5, 5.41) is 13.4. The summed E-state index contributed by atoms with van der Waals surface area (Å²) in [7, 11) is -3.38. The van der Waals surface area contributed by atoms with Crippen LogP contribution in [-0.4, -0.2) is 36.3 Å². The molecule has 0 fully saturated rings. The summed E-state index contributed by atoms with van der Waals surface area (Å²) < 4.78 is 22.9. The van der Waals surface area contributed by atoms with Crippen LogP contribution in [0.2, 0.25) is 5.02 Å². The van der Waals surface area contributed by atoms with Crippen molar-refractivity contribution in [2.75, 3.05) is 12.3 Å². The van der Waals surface area contributed by atoms with Gasteiger partial charge in [0.1, 0.15) is 5.56 Å². The number of nitro benzene ring substituents is 1. The third-order valence-corrected chi connectivity index (χ3v) is 5.83. The van der Waals surface area contributed by atoms with Crippen molar-refractivity contribution in [3.8, 4) is 0 Å². The van der Waals surface area contributed by atoms with Crippen molar-refractivity contribution < 1.29 is 18.1 Å². The van der Waals surface area contributed by atoms with E-state index in [9.17, 15) is 23.3 Å². The van der Waals surface area contributed by atoms with Crippen LogP contribution in [0.1, 0.15) is 31.1 Å². The fourth-order valence-corrected chi connectivity index (χ4v) is 2.70. The smallest absolute Gasteiger partial charge is 0.282 e. The van der Waals surface area contributed by atoms with Crippen molar-refractivity contribution in [2.45, 2.75) is 25.5 Å². The lowest BCUT2D eigenvalue weighted by atomic mass is 10.1. The SMILES string of the molecule is CC(C)(C)S(=O)(=O)CCNC(=O)c1cc(Cl)ccc1[N+](=O)[O-]. The van der Waals surface area contributed by atoms with Gasteiger partial charge in [-0.2, -0.15) is 0 Å². The van der Waals surface area contributed by atoms with Gasteiger partial charge in [-0.05, 0) is 32.9 Å². The Bertz CT molecular complexity index is 695. The number of carbonyl (C=O) groups is 1. The Morgan fingerprint density at radius 3 is 2.45 bits per heavy atom. The maximum Gasteiger partial charge on any atom is 0.282 e. The molecule has 0 heterocycles. The van der Waals surface area contributed by atoms with Gasteiger partial charge in [-0.15, -0.1) is 0 Å². The number of hydrogen-bond donors (Lipinski definition) is 1. The first-order valence-corrected chi connectivity index (χ1v) is 8.43. The molecule has 0 aromatic heterocycles. The van der Waals surface area contributed by atoms with Crippen molar-refractivity contribution in [1.82, 2.24) is 5.32 Å². The first kappa shape index (κ1) is 18.4. The van der Waals surface area contributed by atoms with E-state index in [0.29, 0.717) is 0 Å². The zero-order valence-corrected chi connectivity index (χ0v) is 14.0. The van der Waals surface area contributed by atoms with Crippen LogP contribution in [0, 0.1) is 10.1 Å². The van der Waals surface area contributed by atoms with Crippen molar-refractivity contribution in [1.29, 1.82) is 0 Å². The van der Waals surface area contributed by atoms with E-state index in [-0.39, 0.29) is 28.6 Å². The maximum absolute atomic E-state index is 12.0. The third-order valence-electron chi connectivity index (χ3n) is 2.99. The lowest BCUT2D eigenvalue weighted by Gasteiger charge is -2.19. The molecule has 1 aromatic rings. The molecule has 1 N–H and O–H groups in total. The fourth-order valence-electron chi connectivity index (χ4n) is 1.55. The average Bonchev–Trinajstić information content (AvgIpc) is 2.36. The Morgan fingerprint density at radius 2 is 1.95 bits per heavy atom. The number of nitrogens with one attached hydrogen (secondary N) is 1. The molecule has 0 atom stereocenters. The molecular formula is C13H17ClN2O5S. The highest BCUT2D eigenvalue weighted by Gasteiger charge is 2.29. The van der Waals surface area contributed by atoms with E-state index in [1.165, 1.54) is 12.1 Å². The number of sulfone groups is 1. The van der Waals surface area contributed by atoms with Gasteiger partial charge in [-0.1, -0.05) is 11.6 Å². The van der Waals surface area contributed by atoms with Crippen molar-refractivity contribution in [2.24, 2.45) is 0 Å². The molecule has 0 radical (unpaired) electrons. The minimum absolute atomic E-state index is 0.137. The minimum atomic E-state index is -3.38. The number of halogens is 1. The van der Waals surface area contributed by atoms with E-state index < -0.39 is 25.4 Å². The summed E-state index contributed by atoms with van der Waals surface area (Å²) in [6.45, 7) is 4.55. The molecule has 7 nitrogen and oxygen atoms in total. The first-order valence-electron chi connectivity index (χ1n) is 6.40. The van der Waals surface area contributed by atoms with Gasteiger partial charge in [0.2, 0.25) is 0 Å². The molecule has 9 heteroatoms. The molecule has 1 aromatic carbocycles. The molecule has 0 saturated carbocycles.